The van der Waals surface area contributed by atoms with Crippen LogP contribution in [-0.4, -0.2) is 27.8 Å². The third-order valence-corrected chi connectivity index (χ3v) is 3.27. The molecule has 0 bridgehead atoms. The highest BCUT2D eigenvalue weighted by atomic mass is 16.6. The molecule has 0 atom stereocenters. The van der Waals surface area contributed by atoms with Gasteiger partial charge in [-0.1, -0.05) is 0 Å². The first-order valence-corrected chi connectivity index (χ1v) is 6.74. The molecule has 106 valence electrons. The monoisotopic (exact) mass is 274 g/mol. The van der Waals surface area contributed by atoms with Gasteiger partial charge in [-0.15, -0.1) is 0 Å². The molecule has 0 aromatic heterocycles. The Kier molecular flexibility index (Phi) is 4.17. The lowest BCUT2D eigenvalue weighted by atomic mass is 10.2. The van der Waals surface area contributed by atoms with Crippen LogP contribution in [0.1, 0.15) is 32.3 Å². The SMILES string of the molecule is CC(C)N(C(=O)/C=C/c1ccc([N+](=O)[O-])cc1)C1CC1. The largest absolute Gasteiger partial charge is 0.334 e. The average molecular weight is 274 g/mol. The van der Waals surface area contributed by atoms with E-state index in [1.807, 2.05) is 18.7 Å². The van der Waals surface area contributed by atoms with Crippen molar-refractivity contribution in [1.29, 1.82) is 0 Å². The molecule has 5 heteroatoms. The summed E-state index contributed by atoms with van der Waals surface area (Å²) in [6, 6.07) is 6.72. The molecular weight excluding hydrogens is 256 g/mol. The number of carbonyl (C=O) groups excluding carboxylic acids is 1. The molecule has 0 aliphatic heterocycles. The van der Waals surface area contributed by atoms with Gasteiger partial charge in [0.2, 0.25) is 5.91 Å². The number of nitro groups is 1. The second-order valence-corrected chi connectivity index (χ2v) is 5.25. The molecule has 1 aromatic rings. The van der Waals surface area contributed by atoms with Crippen molar-refractivity contribution in [3.8, 4) is 0 Å². The third-order valence-electron chi connectivity index (χ3n) is 3.27. The van der Waals surface area contributed by atoms with E-state index in [4.69, 9.17) is 0 Å². The number of non-ortho nitro benzene ring substituents is 1. The smallest absolute Gasteiger partial charge is 0.269 e. The zero-order valence-corrected chi connectivity index (χ0v) is 11.7. The summed E-state index contributed by atoms with van der Waals surface area (Å²) in [7, 11) is 0. The maximum atomic E-state index is 12.1. The van der Waals surface area contributed by atoms with E-state index in [1.165, 1.54) is 12.1 Å². The molecule has 20 heavy (non-hydrogen) atoms. The van der Waals surface area contributed by atoms with Gasteiger partial charge in [0, 0.05) is 30.3 Å². The molecule has 1 aromatic carbocycles. The highest BCUT2D eigenvalue weighted by Crippen LogP contribution is 2.28. The van der Waals surface area contributed by atoms with Crippen molar-refractivity contribution in [2.24, 2.45) is 0 Å². The molecule has 5 nitrogen and oxygen atoms in total. The maximum absolute atomic E-state index is 12.1. The molecule has 2 rings (SSSR count). The van der Waals surface area contributed by atoms with Gasteiger partial charge >= 0.3 is 0 Å². The van der Waals surface area contributed by atoms with Gasteiger partial charge in [-0.25, -0.2) is 0 Å². The molecule has 1 saturated carbocycles. The molecular formula is C15H18N2O3. The van der Waals surface area contributed by atoms with Gasteiger partial charge in [-0.3, -0.25) is 14.9 Å². The fraction of sp³-hybridized carbons (Fsp3) is 0.400. The van der Waals surface area contributed by atoms with Gasteiger partial charge in [0.1, 0.15) is 0 Å². The van der Waals surface area contributed by atoms with Crippen LogP contribution in [0.2, 0.25) is 0 Å². The van der Waals surface area contributed by atoms with E-state index in [9.17, 15) is 14.9 Å². The van der Waals surface area contributed by atoms with Crippen molar-refractivity contribution >= 4 is 17.7 Å². The topological polar surface area (TPSA) is 63.5 Å². The van der Waals surface area contributed by atoms with Crippen LogP contribution in [0.3, 0.4) is 0 Å². The maximum Gasteiger partial charge on any atom is 0.269 e. The Hall–Kier alpha value is -2.17. The van der Waals surface area contributed by atoms with Crippen molar-refractivity contribution < 1.29 is 9.72 Å². The Bertz CT molecular complexity index is 529. The summed E-state index contributed by atoms with van der Waals surface area (Å²) in [5.74, 6) is 0.000790. The Morgan fingerprint density at radius 1 is 1.35 bits per heavy atom. The summed E-state index contributed by atoms with van der Waals surface area (Å²) < 4.78 is 0. The predicted octanol–water partition coefficient (Wildman–Crippen LogP) is 3.01. The zero-order chi connectivity index (χ0) is 14.7. The molecule has 0 N–H and O–H groups in total. The zero-order valence-electron chi connectivity index (χ0n) is 11.7. The number of nitrogens with zero attached hydrogens (tertiary/aromatic N) is 2. The number of benzene rings is 1. The standard InChI is InChI=1S/C15H18N2O3/c1-11(2)16(13-8-9-13)15(18)10-5-12-3-6-14(7-4-12)17(19)20/h3-7,10-11,13H,8-9H2,1-2H3/b10-5+. The quantitative estimate of drug-likeness (QED) is 0.471. The fourth-order valence-electron chi connectivity index (χ4n) is 2.17. The Labute approximate surface area is 118 Å². The van der Waals surface area contributed by atoms with E-state index >= 15 is 0 Å². The lowest BCUT2D eigenvalue weighted by Gasteiger charge is -2.25. The average Bonchev–Trinajstić information content (AvgIpc) is 3.21. The fourth-order valence-corrected chi connectivity index (χ4v) is 2.17. The van der Waals surface area contributed by atoms with E-state index in [0.29, 0.717) is 6.04 Å². The first-order valence-electron chi connectivity index (χ1n) is 6.74. The van der Waals surface area contributed by atoms with Gasteiger partial charge in [0.05, 0.1) is 4.92 Å². The van der Waals surface area contributed by atoms with Crippen molar-refractivity contribution in [2.45, 2.75) is 38.8 Å². The van der Waals surface area contributed by atoms with E-state index in [-0.39, 0.29) is 17.6 Å². The number of rotatable bonds is 5. The van der Waals surface area contributed by atoms with Crippen molar-refractivity contribution in [1.82, 2.24) is 4.90 Å². The first kappa shape index (κ1) is 14.2. The van der Waals surface area contributed by atoms with Crippen molar-refractivity contribution in [3.63, 3.8) is 0 Å². The number of carbonyl (C=O) groups is 1. The molecule has 1 fully saturated rings. The molecule has 1 amide bonds. The Balaban J connectivity index is 2.04. The van der Waals surface area contributed by atoms with Gasteiger partial charge in [0.15, 0.2) is 0 Å². The van der Waals surface area contributed by atoms with Crippen molar-refractivity contribution in [3.05, 3.63) is 46.0 Å². The number of nitro benzene ring substituents is 1. The van der Waals surface area contributed by atoms with Crippen LogP contribution >= 0.6 is 0 Å². The number of hydrogen-bond acceptors (Lipinski definition) is 3. The number of hydrogen-bond donors (Lipinski definition) is 0. The summed E-state index contributed by atoms with van der Waals surface area (Å²) in [5.41, 5.74) is 0.832. The summed E-state index contributed by atoms with van der Waals surface area (Å²) in [5, 5.41) is 10.6. The minimum atomic E-state index is -0.438. The van der Waals surface area contributed by atoms with E-state index in [2.05, 4.69) is 0 Å². The van der Waals surface area contributed by atoms with E-state index in [1.54, 1.807) is 24.3 Å². The van der Waals surface area contributed by atoms with Crippen LogP contribution in [-0.2, 0) is 4.79 Å². The summed E-state index contributed by atoms with van der Waals surface area (Å²) in [6.07, 6.45) is 5.40. The van der Waals surface area contributed by atoms with Crippen LogP contribution in [0.5, 0.6) is 0 Å². The minimum Gasteiger partial charge on any atom is -0.334 e. The Morgan fingerprint density at radius 3 is 2.40 bits per heavy atom. The molecule has 0 heterocycles. The first-order chi connectivity index (χ1) is 9.49. The predicted molar refractivity (Wildman–Crippen MR) is 77.1 cm³/mol. The lowest BCUT2D eigenvalue weighted by molar-refractivity contribution is -0.384. The van der Waals surface area contributed by atoms with E-state index in [0.717, 1.165) is 18.4 Å². The molecule has 0 saturated heterocycles. The Morgan fingerprint density at radius 2 is 1.95 bits per heavy atom. The number of amides is 1. The third kappa shape index (κ3) is 3.44. The molecule has 0 spiro atoms. The highest BCUT2D eigenvalue weighted by molar-refractivity contribution is 5.92. The molecule has 0 radical (unpaired) electrons. The van der Waals surface area contributed by atoms with Crippen LogP contribution in [0.25, 0.3) is 6.08 Å². The van der Waals surface area contributed by atoms with Gasteiger partial charge in [0.25, 0.3) is 5.69 Å². The minimum absolute atomic E-state index is 0.000790. The highest BCUT2D eigenvalue weighted by Gasteiger charge is 2.33. The van der Waals surface area contributed by atoms with Gasteiger partial charge in [-0.05, 0) is 50.5 Å². The van der Waals surface area contributed by atoms with Gasteiger partial charge in [-0.2, -0.15) is 0 Å². The van der Waals surface area contributed by atoms with Crippen molar-refractivity contribution in [2.75, 3.05) is 0 Å². The van der Waals surface area contributed by atoms with Crippen LogP contribution in [0, 0.1) is 10.1 Å². The summed E-state index contributed by atoms with van der Waals surface area (Å²) >= 11 is 0. The van der Waals surface area contributed by atoms with Crippen LogP contribution in [0.15, 0.2) is 30.3 Å². The molecule has 1 aliphatic carbocycles. The molecule has 1 aliphatic rings. The second kappa shape index (κ2) is 5.86. The van der Waals surface area contributed by atoms with Crippen LogP contribution < -0.4 is 0 Å². The van der Waals surface area contributed by atoms with Gasteiger partial charge < -0.3 is 4.90 Å². The molecule has 0 unspecified atom stereocenters. The lowest BCUT2D eigenvalue weighted by Crippen LogP contribution is -2.37. The summed E-state index contributed by atoms with van der Waals surface area (Å²) in [6.45, 7) is 4.02. The normalized spacial score (nSPS) is 14.8. The van der Waals surface area contributed by atoms with E-state index < -0.39 is 4.92 Å². The summed E-state index contributed by atoms with van der Waals surface area (Å²) in [4.78, 5) is 24.1. The second-order valence-electron chi connectivity index (χ2n) is 5.25. The van der Waals surface area contributed by atoms with Crippen LogP contribution in [0.4, 0.5) is 5.69 Å².